The summed E-state index contributed by atoms with van der Waals surface area (Å²) in [5, 5.41) is 9.14. The maximum Gasteiger partial charge on any atom is 0.416 e. The van der Waals surface area contributed by atoms with E-state index in [1.807, 2.05) is 19.1 Å². The lowest BCUT2D eigenvalue weighted by Gasteiger charge is -2.14. The highest BCUT2D eigenvalue weighted by Crippen LogP contribution is 2.30. The fraction of sp³-hybridized carbons (Fsp3) is 0.107. The number of halogens is 3. The minimum atomic E-state index is -4.54. The van der Waals surface area contributed by atoms with E-state index >= 15 is 0 Å². The number of anilines is 4. The molecule has 0 bridgehead atoms. The summed E-state index contributed by atoms with van der Waals surface area (Å²) in [7, 11) is 0. The van der Waals surface area contributed by atoms with Gasteiger partial charge in [0.25, 0.3) is 5.91 Å². The molecule has 0 aliphatic carbocycles. The van der Waals surface area contributed by atoms with Gasteiger partial charge in [0.15, 0.2) is 0 Å². The maximum atomic E-state index is 13.1. The summed E-state index contributed by atoms with van der Waals surface area (Å²) in [5.74, 6) is 0.982. The van der Waals surface area contributed by atoms with Crippen LogP contribution in [0, 0.1) is 6.92 Å². The molecule has 0 atom stereocenters. The number of nitrogens with zero attached hydrogens (tertiary/aromatic N) is 5. The molecule has 0 unspecified atom stereocenters. The lowest BCUT2D eigenvalue weighted by Crippen LogP contribution is -2.14. The van der Waals surface area contributed by atoms with Crippen molar-refractivity contribution in [1.82, 2.24) is 24.5 Å². The highest BCUT2D eigenvalue weighted by molar-refractivity contribution is 6.04. The summed E-state index contributed by atoms with van der Waals surface area (Å²) in [5.41, 5.74) is 1.91. The molecule has 9 nitrogen and oxygen atoms in total. The summed E-state index contributed by atoms with van der Waals surface area (Å²) in [6, 6.07) is 15.0. The van der Waals surface area contributed by atoms with Crippen LogP contribution in [0.1, 0.15) is 27.0 Å². The van der Waals surface area contributed by atoms with Crippen LogP contribution in [0.15, 0.2) is 91.8 Å². The molecule has 0 aliphatic heterocycles. The minimum absolute atomic E-state index is 0.0999. The van der Waals surface area contributed by atoms with Gasteiger partial charge in [-0.25, -0.2) is 15.0 Å². The van der Waals surface area contributed by atoms with Crippen molar-refractivity contribution >= 4 is 29.0 Å². The summed E-state index contributed by atoms with van der Waals surface area (Å²) in [4.78, 5) is 29.8. The van der Waals surface area contributed by atoms with E-state index in [9.17, 15) is 18.0 Å². The third-order valence-corrected chi connectivity index (χ3v) is 5.93. The molecule has 0 fully saturated rings. The number of amides is 1. The van der Waals surface area contributed by atoms with Crippen LogP contribution < -0.4 is 16.0 Å². The molecule has 5 rings (SSSR count). The van der Waals surface area contributed by atoms with Crippen molar-refractivity contribution in [3.05, 3.63) is 114 Å². The lowest BCUT2D eigenvalue weighted by atomic mass is 10.1. The molecular weight excluding hydrogens is 521 g/mol. The van der Waals surface area contributed by atoms with Gasteiger partial charge in [-0.05, 0) is 54.4 Å². The SMILES string of the molecule is Cc1ccc(NC(=O)c2cccc(C(F)(F)F)c2)cc1Nc1nccn1-c1cc(NCc2cccnc2)ncn1. The van der Waals surface area contributed by atoms with E-state index in [1.54, 1.807) is 53.6 Å². The maximum absolute atomic E-state index is 13.1. The second-order valence-corrected chi connectivity index (χ2v) is 8.78. The largest absolute Gasteiger partial charge is 0.416 e. The molecular formula is C28H23F3N8O. The van der Waals surface area contributed by atoms with Crippen LogP contribution in [-0.2, 0) is 12.7 Å². The molecule has 1 amide bonds. The number of carbonyl (C=O) groups excluding carboxylic acids is 1. The van der Waals surface area contributed by atoms with E-state index in [0.29, 0.717) is 35.5 Å². The van der Waals surface area contributed by atoms with Gasteiger partial charge in [-0.2, -0.15) is 13.2 Å². The highest BCUT2D eigenvalue weighted by atomic mass is 19.4. The van der Waals surface area contributed by atoms with Gasteiger partial charge in [0.1, 0.15) is 18.0 Å². The Labute approximate surface area is 227 Å². The number of imidazole rings is 1. The van der Waals surface area contributed by atoms with Crippen molar-refractivity contribution in [2.24, 2.45) is 0 Å². The average molecular weight is 545 g/mol. The lowest BCUT2D eigenvalue weighted by molar-refractivity contribution is -0.137. The number of alkyl halides is 3. The Kier molecular flexibility index (Phi) is 7.40. The van der Waals surface area contributed by atoms with E-state index < -0.39 is 17.6 Å². The molecule has 5 aromatic rings. The number of benzene rings is 2. The molecule has 12 heteroatoms. The number of aromatic nitrogens is 5. The van der Waals surface area contributed by atoms with Crippen LogP contribution in [0.4, 0.5) is 36.3 Å². The standard InChI is InChI=1S/C28H23F3N8O/c1-18-7-8-22(37-26(40)20-5-2-6-21(12-20)28(29,30)31)13-23(18)38-27-33-10-11-39(27)25-14-24(35-17-36-25)34-16-19-4-3-9-32-15-19/h2-15,17H,16H2,1H3,(H,33,38)(H,37,40)(H,34,35,36). The van der Waals surface area contributed by atoms with Crippen LogP contribution >= 0.6 is 0 Å². The molecule has 0 saturated heterocycles. The number of aryl methyl sites for hydroxylation is 1. The highest BCUT2D eigenvalue weighted by Gasteiger charge is 2.30. The number of pyridine rings is 1. The first-order valence-corrected chi connectivity index (χ1v) is 12.1. The van der Waals surface area contributed by atoms with Gasteiger partial charge < -0.3 is 16.0 Å². The van der Waals surface area contributed by atoms with Gasteiger partial charge >= 0.3 is 6.18 Å². The van der Waals surface area contributed by atoms with Gasteiger partial charge in [-0.15, -0.1) is 0 Å². The third-order valence-electron chi connectivity index (χ3n) is 5.93. The Morgan fingerprint density at radius 1 is 0.975 bits per heavy atom. The van der Waals surface area contributed by atoms with Crippen molar-refractivity contribution in [3.8, 4) is 5.82 Å². The Bertz CT molecular complexity index is 1640. The fourth-order valence-corrected chi connectivity index (χ4v) is 3.85. The van der Waals surface area contributed by atoms with Crippen molar-refractivity contribution in [2.75, 3.05) is 16.0 Å². The molecule has 0 aliphatic rings. The number of carbonyl (C=O) groups is 1. The van der Waals surface area contributed by atoms with Gasteiger partial charge in [0.05, 0.1) is 5.56 Å². The number of nitrogens with one attached hydrogen (secondary N) is 3. The van der Waals surface area contributed by atoms with Crippen LogP contribution in [-0.4, -0.2) is 30.4 Å². The summed E-state index contributed by atoms with van der Waals surface area (Å²) in [6.45, 7) is 2.41. The number of rotatable bonds is 8. The molecule has 0 radical (unpaired) electrons. The number of hydrogen-bond donors (Lipinski definition) is 3. The molecule has 3 aromatic heterocycles. The molecule has 3 heterocycles. The summed E-state index contributed by atoms with van der Waals surface area (Å²) >= 11 is 0. The van der Waals surface area contributed by atoms with E-state index in [0.717, 1.165) is 23.3 Å². The fourth-order valence-electron chi connectivity index (χ4n) is 3.85. The van der Waals surface area contributed by atoms with Gasteiger partial charge in [-0.1, -0.05) is 18.2 Å². The zero-order chi connectivity index (χ0) is 28.1. The van der Waals surface area contributed by atoms with Gasteiger partial charge in [-0.3, -0.25) is 14.3 Å². The Balaban J connectivity index is 1.32. The predicted octanol–water partition coefficient (Wildman–Crippen LogP) is 5.99. The third kappa shape index (κ3) is 6.23. The normalized spacial score (nSPS) is 11.2. The monoisotopic (exact) mass is 544 g/mol. The zero-order valence-electron chi connectivity index (χ0n) is 21.1. The van der Waals surface area contributed by atoms with E-state index in [2.05, 4.69) is 35.9 Å². The summed E-state index contributed by atoms with van der Waals surface area (Å²) < 4.78 is 40.9. The minimum Gasteiger partial charge on any atom is -0.366 e. The van der Waals surface area contributed by atoms with E-state index in [-0.39, 0.29) is 5.56 Å². The smallest absolute Gasteiger partial charge is 0.366 e. The molecule has 3 N–H and O–H groups in total. The van der Waals surface area contributed by atoms with Gasteiger partial charge in [0.2, 0.25) is 5.95 Å². The van der Waals surface area contributed by atoms with Crippen molar-refractivity contribution in [2.45, 2.75) is 19.6 Å². The van der Waals surface area contributed by atoms with Crippen molar-refractivity contribution in [3.63, 3.8) is 0 Å². The first kappa shape index (κ1) is 26.4. The molecule has 2 aromatic carbocycles. The second-order valence-electron chi connectivity index (χ2n) is 8.78. The zero-order valence-corrected chi connectivity index (χ0v) is 21.1. The molecule has 0 saturated carbocycles. The van der Waals surface area contributed by atoms with Crippen LogP contribution in [0.3, 0.4) is 0 Å². The van der Waals surface area contributed by atoms with Gasteiger partial charge in [0, 0.05) is 54.3 Å². The van der Waals surface area contributed by atoms with Crippen molar-refractivity contribution < 1.29 is 18.0 Å². The first-order chi connectivity index (χ1) is 19.3. The van der Waals surface area contributed by atoms with E-state index in [4.69, 9.17) is 0 Å². The topological polar surface area (TPSA) is 110 Å². The molecule has 202 valence electrons. The quantitative estimate of drug-likeness (QED) is 0.220. The van der Waals surface area contributed by atoms with Crippen LogP contribution in [0.2, 0.25) is 0 Å². The Morgan fingerprint density at radius 3 is 2.65 bits per heavy atom. The summed E-state index contributed by atoms with van der Waals surface area (Å²) in [6.07, 6.45) is 3.73. The molecule has 0 spiro atoms. The second kappa shape index (κ2) is 11.2. The molecule has 40 heavy (non-hydrogen) atoms. The van der Waals surface area contributed by atoms with Crippen LogP contribution in [0.5, 0.6) is 0 Å². The Morgan fingerprint density at radius 2 is 1.85 bits per heavy atom. The predicted molar refractivity (Wildman–Crippen MR) is 145 cm³/mol. The average Bonchev–Trinajstić information content (AvgIpc) is 3.42. The first-order valence-electron chi connectivity index (χ1n) is 12.1. The van der Waals surface area contributed by atoms with Crippen LogP contribution in [0.25, 0.3) is 5.82 Å². The number of hydrogen-bond acceptors (Lipinski definition) is 7. The Hall–Kier alpha value is -5.26. The van der Waals surface area contributed by atoms with Crippen molar-refractivity contribution in [1.29, 1.82) is 0 Å². The van der Waals surface area contributed by atoms with E-state index in [1.165, 1.54) is 18.5 Å².